The van der Waals surface area contributed by atoms with Crippen LogP contribution in [0, 0.1) is 5.92 Å². The SMILES string of the molecule is CC(C)CCN(C(=O)Cn1nnc2ccccc21)c1ccc(-c2cccnc2)cc1. The predicted octanol–water partition coefficient (Wildman–Crippen LogP) is 4.57. The number of carbonyl (C=O) groups excluding carboxylic acids is 1. The van der Waals surface area contributed by atoms with E-state index in [1.807, 2.05) is 71.8 Å². The highest BCUT2D eigenvalue weighted by molar-refractivity contribution is 5.94. The van der Waals surface area contributed by atoms with Crippen LogP contribution in [-0.4, -0.2) is 32.4 Å². The number of rotatable bonds is 7. The van der Waals surface area contributed by atoms with Crippen LogP contribution in [0.3, 0.4) is 0 Å². The molecule has 0 unspecified atom stereocenters. The third-order valence-corrected chi connectivity index (χ3v) is 5.11. The molecule has 0 atom stereocenters. The summed E-state index contributed by atoms with van der Waals surface area (Å²) in [4.78, 5) is 19.3. The lowest BCUT2D eigenvalue weighted by Crippen LogP contribution is -2.35. The number of amides is 1. The lowest BCUT2D eigenvalue weighted by atomic mass is 10.1. The minimum atomic E-state index is 0.000399. The predicted molar refractivity (Wildman–Crippen MR) is 119 cm³/mol. The lowest BCUT2D eigenvalue weighted by molar-refractivity contribution is -0.119. The summed E-state index contributed by atoms with van der Waals surface area (Å²) >= 11 is 0. The molecule has 0 aliphatic carbocycles. The van der Waals surface area contributed by atoms with Gasteiger partial charge in [-0.2, -0.15) is 0 Å². The molecule has 6 nitrogen and oxygen atoms in total. The van der Waals surface area contributed by atoms with Gasteiger partial charge in [-0.15, -0.1) is 5.10 Å². The van der Waals surface area contributed by atoms with Crippen molar-refractivity contribution < 1.29 is 4.79 Å². The summed E-state index contributed by atoms with van der Waals surface area (Å²) in [6, 6.07) is 19.7. The monoisotopic (exact) mass is 399 g/mol. The number of fused-ring (bicyclic) bond motifs is 1. The lowest BCUT2D eigenvalue weighted by Gasteiger charge is -2.24. The number of nitrogens with zero attached hydrogens (tertiary/aromatic N) is 5. The minimum Gasteiger partial charge on any atom is -0.311 e. The van der Waals surface area contributed by atoms with Gasteiger partial charge in [0, 0.05) is 24.6 Å². The standard InChI is InChI=1S/C24H25N5O/c1-18(2)13-15-28(21-11-9-19(10-12-21)20-6-5-14-25-16-20)24(30)17-29-23-8-4-3-7-22(23)26-27-29/h3-12,14,16,18H,13,15,17H2,1-2H3. The maximum absolute atomic E-state index is 13.2. The Morgan fingerprint density at radius 1 is 1.00 bits per heavy atom. The van der Waals surface area contributed by atoms with Gasteiger partial charge >= 0.3 is 0 Å². The van der Waals surface area contributed by atoms with Gasteiger partial charge in [-0.1, -0.05) is 49.4 Å². The molecule has 2 heterocycles. The molecule has 152 valence electrons. The van der Waals surface area contributed by atoms with E-state index in [9.17, 15) is 4.79 Å². The Kier molecular flexibility index (Phi) is 5.84. The summed E-state index contributed by atoms with van der Waals surface area (Å²) in [6.45, 7) is 5.15. The molecule has 6 heteroatoms. The fourth-order valence-corrected chi connectivity index (χ4v) is 3.40. The van der Waals surface area contributed by atoms with E-state index in [1.165, 1.54) is 0 Å². The van der Waals surface area contributed by atoms with E-state index in [2.05, 4.69) is 29.1 Å². The molecule has 4 rings (SSSR count). The van der Waals surface area contributed by atoms with Crippen LogP contribution in [0.2, 0.25) is 0 Å². The van der Waals surface area contributed by atoms with Gasteiger partial charge in [-0.25, -0.2) is 4.68 Å². The summed E-state index contributed by atoms with van der Waals surface area (Å²) in [5.41, 5.74) is 4.67. The van der Waals surface area contributed by atoms with Gasteiger partial charge in [0.25, 0.3) is 0 Å². The first-order valence-corrected chi connectivity index (χ1v) is 10.2. The maximum Gasteiger partial charge on any atom is 0.248 e. The van der Waals surface area contributed by atoms with Crippen molar-refractivity contribution in [2.45, 2.75) is 26.8 Å². The molecule has 0 bridgehead atoms. The van der Waals surface area contributed by atoms with E-state index in [0.717, 1.165) is 34.3 Å². The number of para-hydroxylation sites is 1. The Bertz CT molecular complexity index is 1120. The normalized spacial score (nSPS) is 11.2. The van der Waals surface area contributed by atoms with E-state index in [4.69, 9.17) is 0 Å². The molecule has 4 aromatic rings. The van der Waals surface area contributed by atoms with Crippen molar-refractivity contribution in [3.8, 4) is 11.1 Å². The Hall–Kier alpha value is -3.54. The molecule has 2 aromatic carbocycles. The van der Waals surface area contributed by atoms with E-state index in [1.54, 1.807) is 10.9 Å². The van der Waals surface area contributed by atoms with Gasteiger partial charge < -0.3 is 4.90 Å². The Labute approximate surface area is 176 Å². The number of hydrogen-bond donors (Lipinski definition) is 0. The summed E-state index contributed by atoms with van der Waals surface area (Å²) in [6.07, 6.45) is 4.53. The second-order valence-electron chi connectivity index (χ2n) is 7.75. The highest BCUT2D eigenvalue weighted by atomic mass is 16.2. The highest BCUT2D eigenvalue weighted by Crippen LogP contribution is 2.24. The quantitative estimate of drug-likeness (QED) is 0.457. The average molecular weight is 399 g/mol. The summed E-state index contributed by atoms with van der Waals surface area (Å²) in [5, 5.41) is 8.33. The molecule has 0 aliphatic rings. The second kappa shape index (κ2) is 8.86. The van der Waals surface area contributed by atoms with Gasteiger partial charge in [0.2, 0.25) is 5.91 Å². The van der Waals surface area contributed by atoms with Crippen molar-refractivity contribution in [2.75, 3.05) is 11.4 Å². The molecular weight excluding hydrogens is 374 g/mol. The van der Waals surface area contributed by atoms with Crippen LogP contribution in [0.4, 0.5) is 5.69 Å². The molecule has 0 radical (unpaired) electrons. The molecule has 30 heavy (non-hydrogen) atoms. The molecule has 0 N–H and O–H groups in total. The van der Waals surface area contributed by atoms with Gasteiger partial charge in [-0.3, -0.25) is 9.78 Å². The number of benzene rings is 2. The Morgan fingerprint density at radius 3 is 2.53 bits per heavy atom. The number of aromatic nitrogens is 4. The van der Waals surface area contributed by atoms with E-state index < -0.39 is 0 Å². The van der Waals surface area contributed by atoms with Gasteiger partial charge in [0.05, 0.1) is 5.52 Å². The van der Waals surface area contributed by atoms with Gasteiger partial charge in [0.15, 0.2) is 0 Å². The van der Waals surface area contributed by atoms with Crippen LogP contribution < -0.4 is 4.90 Å². The molecule has 1 amide bonds. The summed E-state index contributed by atoms with van der Waals surface area (Å²) in [7, 11) is 0. The van der Waals surface area contributed by atoms with Crippen LogP contribution >= 0.6 is 0 Å². The molecule has 0 fully saturated rings. The Balaban J connectivity index is 1.58. The zero-order valence-electron chi connectivity index (χ0n) is 17.3. The summed E-state index contributed by atoms with van der Waals surface area (Å²) in [5.74, 6) is 0.502. The third kappa shape index (κ3) is 4.38. The second-order valence-corrected chi connectivity index (χ2v) is 7.75. The van der Waals surface area contributed by atoms with Crippen molar-refractivity contribution in [1.29, 1.82) is 0 Å². The van der Waals surface area contributed by atoms with Crippen LogP contribution in [0.5, 0.6) is 0 Å². The molecule has 0 saturated carbocycles. The summed E-state index contributed by atoms with van der Waals surface area (Å²) < 4.78 is 1.67. The van der Waals surface area contributed by atoms with Crippen molar-refractivity contribution in [3.63, 3.8) is 0 Å². The van der Waals surface area contributed by atoms with Crippen molar-refractivity contribution in [1.82, 2.24) is 20.0 Å². The van der Waals surface area contributed by atoms with E-state index in [0.29, 0.717) is 12.5 Å². The van der Waals surface area contributed by atoms with Crippen molar-refractivity contribution in [3.05, 3.63) is 73.1 Å². The molecule has 0 aliphatic heterocycles. The first kappa shape index (κ1) is 19.8. The largest absolute Gasteiger partial charge is 0.311 e. The van der Waals surface area contributed by atoms with Crippen LogP contribution in [0.15, 0.2) is 73.1 Å². The van der Waals surface area contributed by atoms with E-state index in [-0.39, 0.29) is 12.5 Å². The van der Waals surface area contributed by atoms with Crippen LogP contribution in [0.1, 0.15) is 20.3 Å². The number of pyridine rings is 1. The highest BCUT2D eigenvalue weighted by Gasteiger charge is 2.18. The smallest absolute Gasteiger partial charge is 0.248 e. The number of anilines is 1. The van der Waals surface area contributed by atoms with Gasteiger partial charge in [0.1, 0.15) is 12.1 Å². The molecule has 0 saturated heterocycles. The van der Waals surface area contributed by atoms with E-state index >= 15 is 0 Å². The average Bonchev–Trinajstić information content (AvgIpc) is 3.17. The van der Waals surface area contributed by atoms with Crippen molar-refractivity contribution in [2.24, 2.45) is 5.92 Å². The molecular formula is C24H25N5O. The van der Waals surface area contributed by atoms with Crippen LogP contribution in [0.25, 0.3) is 22.2 Å². The zero-order valence-corrected chi connectivity index (χ0v) is 17.3. The fraction of sp³-hybridized carbons (Fsp3) is 0.250. The van der Waals surface area contributed by atoms with Gasteiger partial charge in [-0.05, 0) is 53.8 Å². The number of carbonyl (C=O) groups is 1. The zero-order chi connectivity index (χ0) is 20.9. The maximum atomic E-state index is 13.2. The first-order chi connectivity index (χ1) is 14.6. The van der Waals surface area contributed by atoms with Crippen molar-refractivity contribution >= 4 is 22.6 Å². The fourth-order valence-electron chi connectivity index (χ4n) is 3.40. The van der Waals surface area contributed by atoms with Crippen LogP contribution in [-0.2, 0) is 11.3 Å². The molecule has 2 aromatic heterocycles. The third-order valence-electron chi connectivity index (χ3n) is 5.11. The minimum absolute atomic E-state index is 0.000399. The Morgan fingerprint density at radius 2 is 1.80 bits per heavy atom. The number of hydrogen-bond acceptors (Lipinski definition) is 4. The topological polar surface area (TPSA) is 63.9 Å². The first-order valence-electron chi connectivity index (χ1n) is 10.2. The molecule has 0 spiro atoms.